The predicted molar refractivity (Wildman–Crippen MR) is 166 cm³/mol. The van der Waals surface area contributed by atoms with Crippen molar-refractivity contribution in [3.63, 3.8) is 0 Å². The first-order valence-electron chi connectivity index (χ1n) is 13.8. The number of unbranched alkanes of at least 4 members (excludes halogenated alkanes) is 2. The molecule has 1 aromatic heterocycles. The third-order valence-electron chi connectivity index (χ3n) is 8.91. The summed E-state index contributed by atoms with van der Waals surface area (Å²) < 4.78 is 6.23. The molecule has 1 saturated heterocycles. The van der Waals surface area contributed by atoms with Gasteiger partial charge in [0.15, 0.2) is 0 Å². The molecule has 4 nitrogen and oxygen atoms in total. The number of carbonyl (C=O) groups excluding carboxylic acids is 1. The molecule has 5 aliphatic rings. The van der Waals surface area contributed by atoms with E-state index in [4.69, 9.17) is 22.7 Å². The first-order chi connectivity index (χ1) is 18.0. The average Bonchev–Trinajstić information content (AvgIpc) is 3.42. The molecule has 0 radical (unpaired) electrons. The third kappa shape index (κ3) is 5.46. The summed E-state index contributed by atoms with van der Waals surface area (Å²) in [6, 6.07) is 10.8. The highest BCUT2D eigenvalue weighted by Gasteiger charge is 2.53. The summed E-state index contributed by atoms with van der Waals surface area (Å²) in [6.07, 6.45) is 12.9. The highest BCUT2D eigenvalue weighted by molar-refractivity contribution is 8.26. The first-order valence-corrected chi connectivity index (χ1v) is 15.8. The summed E-state index contributed by atoms with van der Waals surface area (Å²) in [5.74, 6) is 4.04. The van der Waals surface area contributed by atoms with Crippen LogP contribution in [0.15, 0.2) is 35.2 Å². The fourth-order valence-corrected chi connectivity index (χ4v) is 10.0. The van der Waals surface area contributed by atoms with Gasteiger partial charge in [-0.1, -0.05) is 42.5 Å². The molecule has 1 aromatic carbocycles. The van der Waals surface area contributed by atoms with Crippen LogP contribution in [0.2, 0.25) is 0 Å². The number of ether oxygens (including phenoxy) is 1. The van der Waals surface area contributed by atoms with Crippen LogP contribution in [-0.4, -0.2) is 34.8 Å². The Labute approximate surface area is 246 Å². The van der Waals surface area contributed by atoms with Crippen LogP contribution in [0.4, 0.5) is 0 Å². The molecule has 4 saturated carbocycles. The summed E-state index contributed by atoms with van der Waals surface area (Å²) in [6.45, 7) is 0.735. The van der Waals surface area contributed by atoms with Gasteiger partial charge in [0, 0.05) is 15.8 Å². The molecule has 204 valence electrons. The van der Waals surface area contributed by atoms with Crippen molar-refractivity contribution in [1.82, 2.24) is 4.90 Å². The Kier molecular flexibility index (Phi) is 8.90. The Morgan fingerprint density at radius 3 is 2.50 bits per heavy atom. The predicted octanol–water partition coefficient (Wildman–Crippen LogP) is 7.54. The van der Waals surface area contributed by atoms with E-state index in [0.717, 1.165) is 64.6 Å². The molecular weight excluding hydrogens is 552 g/mol. The zero-order valence-corrected chi connectivity index (χ0v) is 25.2. The first kappa shape index (κ1) is 28.2. The van der Waals surface area contributed by atoms with Gasteiger partial charge < -0.3 is 10.5 Å². The molecule has 4 bridgehead atoms. The van der Waals surface area contributed by atoms with Crippen molar-refractivity contribution in [3.05, 3.63) is 45.7 Å². The normalized spacial score (nSPS) is 28.8. The minimum absolute atomic E-state index is 0. The number of nitrogens with two attached hydrogens (primary N) is 1. The van der Waals surface area contributed by atoms with Gasteiger partial charge in [0.25, 0.3) is 5.91 Å². The van der Waals surface area contributed by atoms with Crippen molar-refractivity contribution in [3.8, 4) is 16.2 Å². The van der Waals surface area contributed by atoms with Gasteiger partial charge in [-0.25, -0.2) is 0 Å². The van der Waals surface area contributed by atoms with Crippen molar-refractivity contribution in [2.75, 3.05) is 13.7 Å². The lowest BCUT2D eigenvalue weighted by atomic mass is 9.54. The maximum atomic E-state index is 13.8. The molecule has 7 rings (SSSR count). The number of nitrogens with zero attached hydrogens (tertiary/aromatic N) is 1. The van der Waals surface area contributed by atoms with Crippen LogP contribution in [-0.2, 0) is 11.2 Å². The number of rotatable bonds is 9. The van der Waals surface area contributed by atoms with Crippen molar-refractivity contribution in [2.45, 2.75) is 63.8 Å². The van der Waals surface area contributed by atoms with E-state index in [9.17, 15) is 4.79 Å². The van der Waals surface area contributed by atoms with Crippen LogP contribution in [0, 0.1) is 23.7 Å². The Balaban J connectivity index is 0.00000294. The number of halogens is 1. The number of thiocarbonyl (C=S) groups is 1. The summed E-state index contributed by atoms with van der Waals surface area (Å²) >= 11 is 9.13. The standard InChI is InChI=1S/C30H36N2O2S3.ClH/c1-34-24-8-5-7-20(15-24)25-16-21(6-3-2-4-9-31)26(36-25)17-27-29(33)32(30(35)37-27)28-22-11-18-10-19(13-22)14-23(28)12-18;/h5,7-8,15-19,22-23,28H,2-4,6,9-14,31H2,1H3;1H/b27-17-;. The van der Waals surface area contributed by atoms with Crippen molar-refractivity contribution in [2.24, 2.45) is 29.4 Å². The second-order valence-corrected chi connectivity index (χ2v) is 14.1. The minimum Gasteiger partial charge on any atom is -0.497 e. The number of amides is 1. The molecule has 4 aliphatic carbocycles. The molecule has 0 atom stereocenters. The molecule has 0 spiro atoms. The van der Waals surface area contributed by atoms with Crippen molar-refractivity contribution < 1.29 is 9.53 Å². The number of hydrogen-bond acceptors (Lipinski definition) is 6. The smallest absolute Gasteiger partial charge is 0.266 e. The molecule has 38 heavy (non-hydrogen) atoms. The average molecular weight is 589 g/mol. The minimum atomic E-state index is 0. The van der Waals surface area contributed by atoms with E-state index < -0.39 is 0 Å². The summed E-state index contributed by atoms with van der Waals surface area (Å²) in [5, 5.41) is 0. The lowest BCUT2D eigenvalue weighted by molar-refractivity contribution is -0.130. The highest BCUT2D eigenvalue weighted by atomic mass is 35.5. The molecule has 2 heterocycles. The molecule has 5 fully saturated rings. The zero-order chi connectivity index (χ0) is 25.5. The number of methoxy groups -OCH3 is 1. The maximum Gasteiger partial charge on any atom is 0.266 e. The molecule has 1 amide bonds. The van der Waals surface area contributed by atoms with Crippen LogP contribution >= 0.6 is 47.7 Å². The van der Waals surface area contributed by atoms with E-state index in [1.807, 2.05) is 17.0 Å². The number of thiophene rings is 1. The summed E-state index contributed by atoms with van der Waals surface area (Å²) in [4.78, 5) is 19.0. The number of hydrogen-bond donors (Lipinski definition) is 1. The van der Waals surface area contributed by atoms with Crippen LogP contribution in [0.25, 0.3) is 16.5 Å². The van der Waals surface area contributed by atoms with E-state index in [1.165, 1.54) is 59.2 Å². The quantitative estimate of drug-likeness (QED) is 0.186. The van der Waals surface area contributed by atoms with Crippen LogP contribution in [0.1, 0.15) is 61.8 Å². The monoisotopic (exact) mass is 588 g/mol. The topological polar surface area (TPSA) is 55.6 Å². The number of thioether (sulfide) groups is 1. The van der Waals surface area contributed by atoms with E-state index in [2.05, 4.69) is 24.3 Å². The van der Waals surface area contributed by atoms with Gasteiger partial charge in [-0.05, 0) is 117 Å². The lowest BCUT2D eigenvalue weighted by Gasteiger charge is -2.56. The Hall–Kier alpha value is -1.38. The molecule has 2 N–H and O–H groups in total. The van der Waals surface area contributed by atoms with Gasteiger partial charge >= 0.3 is 0 Å². The number of aryl methyl sites for hydroxylation is 1. The van der Waals surface area contributed by atoms with Crippen LogP contribution in [0.3, 0.4) is 0 Å². The maximum absolute atomic E-state index is 13.8. The summed E-state index contributed by atoms with van der Waals surface area (Å²) in [7, 11) is 1.70. The van der Waals surface area contributed by atoms with Gasteiger partial charge in [0.1, 0.15) is 10.1 Å². The third-order valence-corrected chi connectivity index (χ3v) is 11.4. The van der Waals surface area contributed by atoms with Gasteiger partial charge in [-0.3, -0.25) is 9.69 Å². The van der Waals surface area contributed by atoms with E-state index in [-0.39, 0.29) is 18.3 Å². The second-order valence-electron chi connectivity index (χ2n) is 11.3. The van der Waals surface area contributed by atoms with Gasteiger partial charge in [-0.15, -0.1) is 23.7 Å². The van der Waals surface area contributed by atoms with E-state index >= 15 is 0 Å². The van der Waals surface area contributed by atoms with Gasteiger partial charge in [0.2, 0.25) is 0 Å². The largest absolute Gasteiger partial charge is 0.497 e. The number of benzene rings is 1. The highest BCUT2D eigenvalue weighted by Crippen LogP contribution is 2.56. The van der Waals surface area contributed by atoms with Crippen LogP contribution < -0.4 is 10.5 Å². The lowest BCUT2D eigenvalue weighted by Crippen LogP contribution is -2.57. The molecule has 2 aromatic rings. The van der Waals surface area contributed by atoms with E-state index in [1.54, 1.807) is 18.4 Å². The van der Waals surface area contributed by atoms with Crippen molar-refractivity contribution >= 4 is 64.0 Å². The Bertz CT molecular complexity index is 1200. The Morgan fingerprint density at radius 1 is 1.08 bits per heavy atom. The second kappa shape index (κ2) is 12.0. The van der Waals surface area contributed by atoms with Crippen LogP contribution in [0.5, 0.6) is 5.75 Å². The van der Waals surface area contributed by atoms with Crippen molar-refractivity contribution in [1.29, 1.82) is 0 Å². The molecule has 0 unspecified atom stereocenters. The van der Waals surface area contributed by atoms with Gasteiger partial charge in [-0.2, -0.15) is 0 Å². The number of carbonyl (C=O) groups is 1. The van der Waals surface area contributed by atoms with Gasteiger partial charge in [0.05, 0.1) is 12.0 Å². The zero-order valence-electron chi connectivity index (χ0n) is 21.9. The molecular formula is C30H37ClN2O2S3. The molecule has 1 aliphatic heterocycles. The molecule has 8 heteroatoms. The fourth-order valence-electron chi connectivity index (χ4n) is 7.49. The fraction of sp³-hybridized carbons (Fsp3) is 0.533. The SMILES string of the molecule is COc1cccc(-c2cc(CCCCCN)c(/C=C3\SC(=S)N(C4C5CC6CC(C5)CC4C6)C3=O)s2)c1.Cl. The summed E-state index contributed by atoms with van der Waals surface area (Å²) in [5.41, 5.74) is 8.18. The van der Waals surface area contributed by atoms with E-state index in [0.29, 0.717) is 17.9 Å². The Morgan fingerprint density at radius 2 is 1.82 bits per heavy atom.